The third-order valence-electron chi connectivity index (χ3n) is 2.06. The maximum Gasteiger partial charge on any atom is 0.286 e. The third kappa shape index (κ3) is 5.19. The van der Waals surface area contributed by atoms with E-state index in [4.69, 9.17) is 4.42 Å². The molecule has 17 heavy (non-hydrogen) atoms. The van der Waals surface area contributed by atoms with Crippen molar-refractivity contribution in [1.82, 2.24) is 10.6 Å². The van der Waals surface area contributed by atoms with Crippen LogP contribution in [0.4, 0.5) is 0 Å². The first-order valence-corrected chi connectivity index (χ1v) is 5.70. The zero-order valence-corrected chi connectivity index (χ0v) is 10.2. The van der Waals surface area contributed by atoms with Crippen LogP contribution in [0.3, 0.4) is 0 Å². The van der Waals surface area contributed by atoms with Gasteiger partial charge in [0.25, 0.3) is 5.91 Å². The molecule has 0 aromatic carbocycles. The summed E-state index contributed by atoms with van der Waals surface area (Å²) in [6.45, 7) is 4.29. The SMILES string of the molecule is CC(C)NC(=O)CCCNC(=O)c1ccco1. The van der Waals surface area contributed by atoms with Gasteiger partial charge in [-0.2, -0.15) is 0 Å². The molecule has 0 unspecified atom stereocenters. The Balaban J connectivity index is 2.12. The lowest BCUT2D eigenvalue weighted by atomic mass is 10.2. The zero-order chi connectivity index (χ0) is 12.7. The van der Waals surface area contributed by atoms with E-state index >= 15 is 0 Å². The molecule has 0 bridgehead atoms. The third-order valence-corrected chi connectivity index (χ3v) is 2.06. The summed E-state index contributed by atoms with van der Waals surface area (Å²) in [4.78, 5) is 22.7. The number of nitrogens with one attached hydrogen (secondary N) is 2. The van der Waals surface area contributed by atoms with Gasteiger partial charge >= 0.3 is 0 Å². The normalized spacial score (nSPS) is 10.3. The van der Waals surface area contributed by atoms with Gasteiger partial charge in [-0.1, -0.05) is 0 Å². The van der Waals surface area contributed by atoms with Gasteiger partial charge < -0.3 is 15.1 Å². The van der Waals surface area contributed by atoms with Crippen LogP contribution in [-0.4, -0.2) is 24.4 Å². The molecule has 0 aliphatic heterocycles. The fraction of sp³-hybridized carbons (Fsp3) is 0.500. The van der Waals surface area contributed by atoms with E-state index in [2.05, 4.69) is 10.6 Å². The Morgan fingerprint density at radius 3 is 2.76 bits per heavy atom. The summed E-state index contributed by atoms with van der Waals surface area (Å²) < 4.78 is 4.93. The predicted octanol–water partition coefficient (Wildman–Crippen LogP) is 1.31. The van der Waals surface area contributed by atoms with Crippen LogP contribution in [0.1, 0.15) is 37.2 Å². The highest BCUT2D eigenvalue weighted by atomic mass is 16.3. The van der Waals surface area contributed by atoms with Crippen molar-refractivity contribution in [1.29, 1.82) is 0 Å². The van der Waals surface area contributed by atoms with Crippen molar-refractivity contribution in [3.63, 3.8) is 0 Å². The molecule has 0 atom stereocenters. The molecule has 0 saturated carbocycles. The number of hydrogen-bond donors (Lipinski definition) is 2. The number of carbonyl (C=O) groups is 2. The molecule has 1 aromatic rings. The van der Waals surface area contributed by atoms with Crippen LogP contribution < -0.4 is 10.6 Å². The second kappa shape index (κ2) is 6.73. The molecule has 0 saturated heterocycles. The van der Waals surface area contributed by atoms with Crippen LogP contribution in [-0.2, 0) is 4.79 Å². The van der Waals surface area contributed by atoms with Crippen LogP contribution in [0.5, 0.6) is 0 Å². The number of furan rings is 1. The highest BCUT2D eigenvalue weighted by molar-refractivity contribution is 5.91. The van der Waals surface area contributed by atoms with E-state index < -0.39 is 0 Å². The quantitative estimate of drug-likeness (QED) is 0.734. The van der Waals surface area contributed by atoms with Gasteiger partial charge in [0.05, 0.1) is 6.26 Å². The van der Waals surface area contributed by atoms with E-state index in [1.165, 1.54) is 6.26 Å². The summed E-state index contributed by atoms with van der Waals surface area (Å²) in [7, 11) is 0. The predicted molar refractivity (Wildman–Crippen MR) is 63.6 cm³/mol. The number of hydrogen-bond acceptors (Lipinski definition) is 3. The first-order valence-electron chi connectivity index (χ1n) is 5.70. The molecule has 0 spiro atoms. The lowest BCUT2D eigenvalue weighted by Crippen LogP contribution is -2.31. The molecular weight excluding hydrogens is 220 g/mol. The van der Waals surface area contributed by atoms with E-state index in [9.17, 15) is 9.59 Å². The Bertz CT molecular complexity index is 358. The average Bonchev–Trinajstić information content (AvgIpc) is 2.76. The van der Waals surface area contributed by atoms with Crippen molar-refractivity contribution in [2.75, 3.05) is 6.54 Å². The highest BCUT2D eigenvalue weighted by Gasteiger charge is 2.07. The molecule has 94 valence electrons. The molecule has 0 aliphatic rings. The number of amides is 2. The minimum Gasteiger partial charge on any atom is -0.459 e. The molecule has 0 fully saturated rings. The van der Waals surface area contributed by atoms with Crippen LogP contribution in [0, 0.1) is 0 Å². The minimum absolute atomic E-state index is 0.00671. The molecule has 5 heteroatoms. The van der Waals surface area contributed by atoms with Gasteiger partial charge in [-0.05, 0) is 32.4 Å². The van der Waals surface area contributed by atoms with Crippen LogP contribution >= 0.6 is 0 Å². The summed E-state index contributed by atoms with van der Waals surface area (Å²) >= 11 is 0. The monoisotopic (exact) mass is 238 g/mol. The van der Waals surface area contributed by atoms with Crippen LogP contribution in [0.15, 0.2) is 22.8 Å². The second-order valence-electron chi connectivity index (χ2n) is 4.06. The molecular formula is C12H18N2O3. The maximum atomic E-state index is 11.4. The summed E-state index contributed by atoms with van der Waals surface area (Å²) in [5.74, 6) is 0.0446. The summed E-state index contributed by atoms with van der Waals surface area (Å²) in [6, 6.07) is 3.41. The Morgan fingerprint density at radius 1 is 1.41 bits per heavy atom. The van der Waals surface area contributed by atoms with Crippen molar-refractivity contribution in [2.45, 2.75) is 32.7 Å². The Labute approximate surface area is 101 Å². The van der Waals surface area contributed by atoms with E-state index in [0.29, 0.717) is 19.4 Å². The summed E-state index contributed by atoms with van der Waals surface area (Å²) in [5, 5.41) is 5.47. The van der Waals surface area contributed by atoms with Gasteiger partial charge in [0.1, 0.15) is 0 Å². The first-order chi connectivity index (χ1) is 8.09. The lowest BCUT2D eigenvalue weighted by Gasteiger charge is -2.08. The molecule has 5 nitrogen and oxygen atoms in total. The smallest absolute Gasteiger partial charge is 0.286 e. The fourth-order valence-corrected chi connectivity index (χ4v) is 1.34. The largest absolute Gasteiger partial charge is 0.459 e. The van der Waals surface area contributed by atoms with E-state index in [1.54, 1.807) is 12.1 Å². The van der Waals surface area contributed by atoms with Gasteiger partial charge in [-0.15, -0.1) is 0 Å². The van der Waals surface area contributed by atoms with Crippen LogP contribution in [0.25, 0.3) is 0 Å². The second-order valence-corrected chi connectivity index (χ2v) is 4.06. The standard InChI is InChI=1S/C12H18N2O3/c1-9(2)14-11(15)6-3-7-13-12(16)10-5-4-8-17-10/h4-5,8-9H,3,6-7H2,1-2H3,(H,13,16)(H,14,15). The molecule has 1 rings (SSSR count). The van der Waals surface area contributed by atoms with Gasteiger partial charge in [-0.25, -0.2) is 0 Å². The van der Waals surface area contributed by atoms with Crippen molar-refractivity contribution >= 4 is 11.8 Å². The average molecular weight is 238 g/mol. The van der Waals surface area contributed by atoms with Crippen molar-refractivity contribution in [3.8, 4) is 0 Å². The van der Waals surface area contributed by atoms with E-state index in [1.807, 2.05) is 13.8 Å². The van der Waals surface area contributed by atoms with Crippen molar-refractivity contribution < 1.29 is 14.0 Å². The maximum absolute atomic E-state index is 11.4. The Hall–Kier alpha value is -1.78. The molecule has 1 heterocycles. The fourth-order valence-electron chi connectivity index (χ4n) is 1.34. The molecule has 0 aliphatic carbocycles. The molecule has 1 aromatic heterocycles. The molecule has 2 N–H and O–H groups in total. The minimum atomic E-state index is -0.251. The zero-order valence-electron chi connectivity index (χ0n) is 10.2. The Morgan fingerprint density at radius 2 is 2.18 bits per heavy atom. The lowest BCUT2D eigenvalue weighted by molar-refractivity contribution is -0.121. The van der Waals surface area contributed by atoms with Crippen molar-refractivity contribution in [2.24, 2.45) is 0 Å². The van der Waals surface area contributed by atoms with Crippen LogP contribution in [0.2, 0.25) is 0 Å². The number of rotatable bonds is 6. The van der Waals surface area contributed by atoms with E-state index in [-0.39, 0.29) is 23.6 Å². The van der Waals surface area contributed by atoms with Gasteiger partial charge in [0.15, 0.2) is 5.76 Å². The highest BCUT2D eigenvalue weighted by Crippen LogP contribution is 1.99. The van der Waals surface area contributed by atoms with Crippen molar-refractivity contribution in [3.05, 3.63) is 24.2 Å². The van der Waals surface area contributed by atoms with E-state index in [0.717, 1.165) is 0 Å². The summed E-state index contributed by atoms with van der Waals surface area (Å²) in [5.41, 5.74) is 0. The topological polar surface area (TPSA) is 71.3 Å². The Kier molecular flexibility index (Phi) is 5.26. The first kappa shape index (κ1) is 13.3. The number of carbonyl (C=O) groups excluding carboxylic acids is 2. The molecule has 2 amide bonds. The summed E-state index contributed by atoms with van der Waals surface area (Å²) in [6.07, 6.45) is 2.48. The molecule has 0 radical (unpaired) electrons. The van der Waals surface area contributed by atoms with Gasteiger partial charge in [0.2, 0.25) is 5.91 Å². The van der Waals surface area contributed by atoms with Gasteiger partial charge in [0, 0.05) is 19.0 Å². The van der Waals surface area contributed by atoms with Gasteiger partial charge in [-0.3, -0.25) is 9.59 Å².